The van der Waals surface area contributed by atoms with Gasteiger partial charge >= 0.3 is 0 Å². The van der Waals surface area contributed by atoms with Crippen molar-refractivity contribution in [3.05, 3.63) is 28.8 Å². The van der Waals surface area contributed by atoms with Crippen LogP contribution in [0.3, 0.4) is 0 Å². The number of carbonyl (C=O) groups is 1. The lowest BCUT2D eigenvalue weighted by Gasteiger charge is -2.15. The summed E-state index contributed by atoms with van der Waals surface area (Å²) in [6, 6.07) is 5.13. The Hall–Kier alpha value is -1.26. The van der Waals surface area contributed by atoms with Gasteiger partial charge in [-0.3, -0.25) is 10.6 Å². The Morgan fingerprint density at radius 3 is 2.83 bits per heavy atom. The van der Waals surface area contributed by atoms with Crippen LogP contribution in [0, 0.1) is 0 Å². The molecule has 0 aliphatic rings. The quantitative estimate of drug-likeness (QED) is 0.549. The molecule has 0 aliphatic carbocycles. The zero-order valence-electron chi connectivity index (χ0n) is 10.8. The van der Waals surface area contributed by atoms with Gasteiger partial charge in [0.2, 0.25) is 0 Å². The largest absolute Gasteiger partial charge is 0.350 e. The summed E-state index contributed by atoms with van der Waals surface area (Å²) < 4.78 is 0. The van der Waals surface area contributed by atoms with Crippen molar-refractivity contribution < 1.29 is 4.79 Å². The van der Waals surface area contributed by atoms with Crippen molar-refractivity contribution in [3.63, 3.8) is 0 Å². The van der Waals surface area contributed by atoms with E-state index in [0.717, 1.165) is 19.3 Å². The molecule has 5 heteroatoms. The van der Waals surface area contributed by atoms with Crippen LogP contribution in [0.15, 0.2) is 18.2 Å². The molecular formula is C13H20ClN3O. The third-order valence-electron chi connectivity index (χ3n) is 2.75. The lowest BCUT2D eigenvalue weighted by Crippen LogP contribution is -2.33. The Kier molecular flexibility index (Phi) is 5.95. The van der Waals surface area contributed by atoms with Gasteiger partial charge in [0.25, 0.3) is 5.91 Å². The van der Waals surface area contributed by atoms with Crippen molar-refractivity contribution in [2.24, 2.45) is 5.84 Å². The van der Waals surface area contributed by atoms with E-state index < -0.39 is 0 Å². The summed E-state index contributed by atoms with van der Waals surface area (Å²) >= 11 is 5.89. The molecule has 0 radical (unpaired) electrons. The van der Waals surface area contributed by atoms with E-state index in [4.69, 9.17) is 17.4 Å². The van der Waals surface area contributed by atoms with E-state index in [1.807, 2.05) is 6.92 Å². The number of hydrogen-bond donors (Lipinski definition) is 3. The van der Waals surface area contributed by atoms with Crippen molar-refractivity contribution in [1.82, 2.24) is 5.32 Å². The molecule has 0 saturated carbocycles. The van der Waals surface area contributed by atoms with Crippen molar-refractivity contribution >= 4 is 23.2 Å². The average Bonchev–Trinajstić information content (AvgIpc) is 2.36. The number of benzene rings is 1. The molecule has 100 valence electrons. The van der Waals surface area contributed by atoms with Crippen LogP contribution in [0.5, 0.6) is 0 Å². The molecule has 1 atom stereocenters. The summed E-state index contributed by atoms with van der Waals surface area (Å²) in [5, 5.41) is 3.45. The number of anilines is 1. The Labute approximate surface area is 113 Å². The summed E-state index contributed by atoms with van der Waals surface area (Å²) in [6.45, 7) is 4.12. The second kappa shape index (κ2) is 7.24. The SMILES string of the molecule is CCCCC(C)NC(=O)c1cc(Cl)ccc1NN. The van der Waals surface area contributed by atoms with Gasteiger partial charge in [0.1, 0.15) is 0 Å². The first kappa shape index (κ1) is 14.8. The van der Waals surface area contributed by atoms with Crippen LogP contribution in [0.25, 0.3) is 0 Å². The highest BCUT2D eigenvalue weighted by Gasteiger charge is 2.13. The number of unbranched alkanes of at least 4 members (excludes halogenated alkanes) is 1. The maximum absolute atomic E-state index is 12.1. The number of amides is 1. The molecule has 0 bridgehead atoms. The predicted octanol–water partition coefficient (Wildman–Crippen LogP) is 2.93. The molecule has 0 aromatic heterocycles. The molecule has 1 aromatic rings. The van der Waals surface area contributed by atoms with Gasteiger partial charge in [0.05, 0.1) is 11.3 Å². The molecule has 18 heavy (non-hydrogen) atoms. The first-order valence-electron chi connectivity index (χ1n) is 6.15. The molecule has 4 N–H and O–H groups in total. The number of rotatable bonds is 6. The van der Waals surface area contributed by atoms with Gasteiger partial charge in [-0.25, -0.2) is 0 Å². The molecule has 1 aromatic carbocycles. The summed E-state index contributed by atoms with van der Waals surface area (Å²) in [6.07, 6.45) is 3.18. The lowest BCUT2D eigenvalue weighted by atomic mass is 10.1. The van der Waals surface area contributed by atoms with Gasteiger partial charge in [-0.1, -0.05) is 31.4 Å². The maximum Gasteiger partial charge on any atom is 0.253 e. The Morgan fingerprint density at radius 1 is 1.50 bits per heavy atom. The number of nitrogens with two attached hydrogens (primary N) is 1. The fourth-order valence-electron chi connectivity index (χ4n) is 1.71. The minimum Gasteiger partial charge on any atom is -0.350 e. The van der Waals surface area contributed by atoms with E-state index in [1.54, 1.807) is 18.2 Å². The molecular weight excluding hydrogens is 250 g/mol. The second-order valence-electron chi connectivity index (χ2n) is 4.35. The number of nitrogen functional groups attached to an aromatic ring is 1. The van der Waals surface area contributed by atoms with Crippen LogP contribution in [-0.4, -0.2) is 11.9 Å². The highest BCUT2D eigenvalue weighted by Crippen LogP contribution is 2.20. The summed E-state index contributed by atoms with van der Waals surface area (Å²) in [4.78, 5) is 12.1. The number of hydrogen-bond acceptors (Lipinski definition) is 3. The molecule has 1 unspecified atom stereocenters. The van der Waals surface area contributed by atoms with E-state index in [1.165, 1.54) is 0 Å². The number of hydrazine groups is 1. The van der Waals surface area contributed by atoms with E-state index >= 15 is 0 Å². The molecule has 0 fully saturated rings. The van der Waals surface area contributed by atoms with Gasteiger partial charge in [0.15, 0.2) is 0 Å². The van der Waals surface area contributed by atoms with Gasteiger partial charge in [0, 0.05) is 11.1 Å². The Bertz CT molecular complexity index is 409. The van der Waals surface area contributed by atoms with Crippen LogP contribution in [0.1, 0.15) is 43.5 Å². The number of carbonyl (C=O) groups excluding carboxylic acids is 1. The van der Waals surface area contributed by atoms with Gasteiger partial charge in [-0.05, 0) is 31.5 Å². The second-order valence-corrected chi connectivity index (χ2v) is 4.79. The van der Waals surface area contributed by atoms with Crippen LogP contribution in [0.2, 0.25) is 5.02 Å². The summed E-state index contributed by atoms with van der Waals surface area (Å²) in [5.41, 5.74) is 3.54. The average molecular weight is 270 g/mol. The zero-order chi connectivity index (χ0) is 13.5. The number of halogens is 1. The highest BCUT2D eigenvalue weighted by atomic mass is 35.5. The standard InChI is InChI=1S/C13H20ClN3O/c1-3-4-5-9(2)16-13(18)11-8-10(14)6-7-12(11)17-15/h6-9,17H,3-5,15H2,1-2H3,(H,16,18). The van der Waals surface area contributed by atoms with Crippen molar-refractivity contribution in [1.29, 1.82) is 0 Å². The highest BCUT2D eigenvalue weighted by molar-refractivity contribution is 6.31. The van der Waals surface area contributed by atoms with Crippen molar-refractivity contribution in [2.45, 2.75) is 39.2 Å². The molecule has 4 nitrogen and oxygen atoms in total. The minimum absolute atomic E-state index is 0.141. The monoisotopic (exact) mass is 269 g/mol. The first-order chi connectivity index (χ1) is 8.58. The van der Waals surface area contributed by atoms with Crippen LogP contribution >= 0.6 is 11.6 Å². The van der Waals surface area contributed by atoms with Gasteiger partial charge in [-0.15, -0.1) is 0 Å². The van der Waals surface area contributed by atoms with Crippen molar-refractivity contribution in [3.8, 4) is 0 Å². The van der Waals surface area contributed by atoms with Crippen LogP contribution in [-0.2, 0) is 0 Å². The smallest absolute Gasteiger partial charge is 0.253 e. The van der Waals surface area contributed by atoms with Crippen LogP contribution in [0.4, 0.5) is 5.69 Å². The van der Waals surface area contributed by atoms with E-state index in [2.05, 4.69) is 17.7 Å². The van der Waals surface area contributed by atoms with Gasteiger partial charge in [-0.2, -0.15) is 0 Å². The third kappa shape index (κ3) is 4.20. The lowest BCUT2D eigenvalue weighted by molar-refractivity contribution is 0.0939. The Balaban J connectivity index is 2.74. The molecule has 0 spiro atoms. The first-order valence-corrected chi connectivity index (χ1v) is 6.53. The van der Waals surface area contributed by atoms with E-state index in [9.17, 15) is 4.79 Å². The zero-order valence-corrected chi connectivity index (χ0v) is 11.6. The number of nitrogens with one attached hydrogen (secondary N) is 2. The maximum atomic E-state index is 12.1. The fraction of sp³-hybridized carbons (Fsp3) is 0.462. The third-order valence-corrected chi connectivity index (χ3v) is 2.99. The minimum atomic E-state index is -0.158. The Morgan fingerprint density at radius 2 is 2.22 bits per heavy atom. The van der Waals surface area contributed by atoms with E-state index in [-0.39, 0.29) is 11.9 Å². The molecule has 1 rings (SSSR count). The molecule has 0 saturated heterocycles. The van der Waals surface area contributed by atoms with Crippen molar-refractivity contribution in [2.75, 3.05) is 5.43 Å². The fourth-order valence-corrected chi connectivity index (χ4v) is 1.89. The van der Waals surface area contributed by atoms with Crippen LogP contribution < -0.4 is 16.6 Å². The molecule has 0 heterocycles. The summed E-state index contributed by atoms with van der Waals surface area (Å²) in [5.74, 6) is 5.22. The predicted molar refractivity (Wildman–Crippen MR) is 75.7 cm³/mol. The van der Waals surface area contributed by atoms with E-state index in [0.29, 0.717) is 16.3 Å². The van der Waals surface area contributed by atoms with Gasteiger partial charge < -0.3 is 10.7 Å². The molecule has 1 amide bonds. The summed E-state index contributed by atoms with van der Waals surface area (Å²) in [7, 11) is 0. The topological polar surface area (TPSA) is 67.2 Å². The molecule has 0 aliphatic heterocycles. The normalized spacial score (nSPS) is 12.0.